The zero-order valence-corrected chi connectivity index (χ0v) is 14.8. The molecule has 0 radical (unpaired) electrons. The van der Waals surface area contributed by atoms with Crippen LogP contribution < -0.4 is 15.4 Å². The molecule has 0 saturated heterocycles. The van der Waals surface area contributed by atoms with Crippen LogP contribution >= 0.6 is 11.3 Å². The fourth-order valence-electron chi connectivity index (χ4n) is 2.26. The summed E-state index contributed by atoms with van der Waals surface area (Å²) in [5.41, 5.74) is 1.17. The maximum atomic E-state index is 12.1. The number of rotatable bonds is 7. The van der Waals surface area contributed by atoms with E-state index in [1.54, 1.807) is 30.3 Å². The maximum Gasteiger partial charge on any atom is 0.265 e. The predicted octanol–water partition coefficient (Wildman–Crippen LogP) is 3.81. The fourth-order valence-corrected chi connectivity index (χ4v) is 2.88. The topological polar surface area (TPSA) is 67.4 Å². The number of hydrogen-bond acceptors (Lipinski definition) is 4. The second kappa shape index (κ2) is 8.82. The van der Waals surface area contributed by atoms with Crippen LogP contribution in [-0.2, 0) is 0 Å². The maximum absolute atomic E-state index is 12.1. The predicted molar refractivity (Wildman–Crippen MR) is 103 cm³/mol. The van der Waals surface area contributed by atoms with Crippen LogP contribution in [0.5, 0.6) is 5.75 Å². The Labute approximate surface area is 155 Å². The van der Waals surface area contributed by atoms with E-state index in [0.717, 1.165) is 5.75 Å². The summed E-state index contributed by atoms with van der Waals surface area (Å²) in [6, 6.07) is 19.8. The lowest BCUT2D eigenvalue weighted by Crippen LogP contribution is -2.28. The van der Waals surface area contributed by atoms with Crippen LogP contribution in [0.3, 0.4) is 0 Å². The van der Waals surface area contributed by atoms with E-state index in [4.69, 9.17) is 4.74 Å². The molecule has 0 aliphatic rings. The molecule has 6 heteroatoms. The first kappa shape index (κ1) is 17.7. The van der Waals surface area contributed by atoms with Gasteiger partial charge in [-0.05, 0) is 47.8 Å². The number of carbonyl (C=O) groups is 2. The van der Waals surface area contributed by atoms with Crippen LogP contribution in [0.2, 0.25) is 0 Å². The molecule has 0 atom stereocenters. The number of thiophene rings is 1. The first-order valence-corrected chi connectivity index (χ1v) is 9.01. The molecule has 0 aliphatic heterocycles. The van der Waals surface area contributed by atoms with Crippen molar-refractivity contribution in [3.63, 3.8) is 0 Å². The van der Waals surface area contributed by atoms with E-state index < -0.39 is 0 Å². The van der Waals surface area contributed by atoms with E-state index in [-0.39, 0.29) is 11.8 Å². The van der Waals surface area contributed by atoms with Crippen molar-refractivity contribution in [3.05, 3.63) is 82.6 Å². The number of carbonyl (C=O) groups excluding carboxylic acids is 2. The first-order valence-electron chi connectivity index (χ1n) is 8.13. The fraction of sp³-hybridized carbons (Fsp3) is 0.100. The average molecular weight is 366 g/mol. The van der Waals surface area contributed by atoms with E-state index in [1.807, 2.05) is 41.8 Å². The van der Waals surface area contributed by atoms with Gasteiger partial charge < -0.3 is 15.4 Å². The van der Waals surface area contributed by atoms with Gasteiger partial charge in [0.15, 0.2) is 0 Å². The number of nitrogens with one attached hydrogen (secondary N) is 2. The van der Waals surface area contributed by atoms with E-state index in [2.05, 4.69) is 10.6 Å². The van der Waals surface area contributed by atoms with Gasteiger partial charge in [-0.2, -0.15) is 0 Å². The highest BCUT2D eigenvalue weighted by Gasteiger charge is 2.08. The van der Waals surface area contributed by atoms with Crippen LogP contribution in [0.1, 0.15) is 20.0 Å². The monoisotopic (exact) mass is 366 g/mol. The molecule has 2 amide bonds. The van der Waals surface area contributed by atoms with Gasteiger partial charge in [0, 0.05) is 11.3 Å². The third-order valence-corrected chi connectivity index (χ3v) is 4.42. The third kappa shape index (κ3) is 4.94. The molecule has 1 aromatic heterocycles. The Hall–Kier alpha value is -3.12. The minimum absolute atomic E-state index is 0.157. The Kier molecular flexibility index (Phi) is 6.01. The quantitative estimate of drug-likeness (QED) is 0.625. The molecule has 26 heavy (non-hydrogen) atoms. The summed E-state index contributed by atoms with van der Waals surface area (Å²) < 4.78 is 5.53. The Morgan fingerprint density at radius 1 is 0.885 bits per heavy atom. The molecule has 0 aliphatic carbocycles. The van der Waals surface area contributed by atoms with Gasteiger partial charge in [0.2, 0.25) is 0 Å². The van der Waals surface area contributed by atoms with Gasteiger partial charge >= 0.3 is 0 Å². The third-order valence-electron chi connectivity index (χ3n) is 3.55. The van der Waals surface area contributed by atoms with E-state index in [0.29, 0.717) is 29.3 Å². The summed E-state index contributed by atoms with van der Waals surface area (Å²) in [5.74, 6) is 0.431. The smallest absolute Gasteiger partial charge is 0.265 e. The average Bonchev–Trinajstić information content (AvgIpc) is 3.21. The lowest BCUT2D eigenvalue weighted by molar-refractivity contribution is 0.0946. The Morgan fingerprint density at radius 2 is 1.65 bits per heavy atom. The summed E-state index contributed by atoms with van der Waals surface area (Å²) in [6.07, 6.45) is 0. The zero-order chi connectivity index (χ0) is 18.2. The number of ether oxygens (including phenoxy) is 1. The molecular formula is C20H18N2O3S. The van der Waals surface area contributed by atoms with Crippen LogP contribution in [0.15, 0.2) is 72.1 Å². The van der Waals surface area contributed by atoms with Gasteiger partial charge in [-0.3, -0.25) is 9.59 Å². The molecule has 0 saturated carbocycles. The van der Waals surface area contributed by atoms with Gasteiger partial charge in [-0.15, -0.1) is 11.3 Å². The number of benzene rings is 2. The molecule has 0 spiro atoms. The molecule has 1 heterocycles. The molecule has 2 N–H and O–H groups in total. The van der Waals surface area contributed by atoms with Crippen molar-refractivity contribution >= 4 is 28.8 Å². The highest BCUT2D eigenvalue weighted by molar-refractivity contribution is 7.12. The number of anilines is 1. The molecule has 0 unspecified atom stereocenters. The van der Waals surface area contributed by atoms with Crippen molar-refractivity contribution in [2.24, 2.45) is 0 Å². The summed E-state index contributed by atoms with van der Waals surface area (Å²) in [4.78, 5) is 24.8. The summed E-state index contributed by atoms with van der Waals surface area (Å²) in [5, 5.41) is 7.45. The van der Waals surface area contributed by atoms with Crippen molar-refractivity contribution in [1.82, 2.24) is 5.32 Å². The molecule has 3 aromatic rings. The van der Waals surface area contributed by atoms with Crippen molar-refractivity contribution < 1.29 is 14.3 Å². The lowest BCUT2D eigenvalue weighted by Gasteiger charge is -2.08. The highest BCUT2D eigenvalue weighted by Crippen LogP contribution is 2.14. The van der Waals surface area contributed by atoms with E-state index in [9.17, 15) is 9.59 Å². The van der Waals surface area contributed by atoms with Crippen LogP contribution in [0, 0.1) is 0 Å². The standard InChI is InChI=1S/C20H18N2O3S/c23-19(21-12-13-25-17-5-2-1-3-6-17)15-8-10-16(11-9-15)22-20(24)18-7-4-14-26-18/h1-11,14H,12-13H2,(H,21,23)(H,22,24). The molecule has 2 aromatic carbocycles. The van der Waals surface area contributed by atoms with E-state index >= 15 is 0 Å². The van der Waals surface area contributed by atoms with Crippen molar-refractivity contribution in [2.45, 2.75) is 0 Å². The van der Waals surface area contributed by atoms with Crippen LogP contribution in [0.25, 0.3) is 0 Å². The molecule has 132 valence electrons. The van der Waals surface area contributed by atoms with Gasteiger partial charge in [0.25, 0.3) is 11.8 Å². The zero-order valence-electron chi connectivity index (χ0n) is 14.0. The number of hydrogen-bond donors (Lipinski definition) is 2. The second-order valence-corrected chi connectivity index (χ2v) is 6.37. The SMILES string of the molecule is O=C(NCCOc1ccccc1)c1ccc(NC(=O)c2cccs2)cc1. The van der Waals surface area contributed by atoms with Crippen molar-refractivity contribution in [2.75, 3.05) is 18.5 Å². The van der Waals surface area contributed by atoms with Crippen LogP contribution in [0.4, 0.5) is 5.69 Å². The van der Waals surface area contributed by atoms with Crippen molar-refractivity contribution in [1.29, 1.82) is 0 Å². The molecular weight excluding hydrogens is 348 g/mol. The molecule has 3 rings (SSSR count). The van der Waals surface area contributed by atoms with Crippen molar-refractivity contribution in [3.8, 4) is 5.75 Å². The largest absolute Gasteiger partial charge is 0.492 e. The summed E-state index contributed by atoms with van der Waals surface area (Å²) in [7, 11) is 0. The van der Waals surface area contributed by atoms with Gasteiger partial charge in [-0.25, -0.2) is 0 Å². The Bertz CT molecular complexity index is 847. The summed E-state index contributed by atoms with van der Waals surface area (Å²) >= 11 is 1.38. The van der Waals surface area contributed by atoms with Gasteiger partial charge in [0.1, 0.15) is 12.4 Å². The minimum atomic E-state index is -0.183. The first-order chi connectivity index (χ1) is 12.7. The molecule has 0 bridgehead atoms. The Balaban J connectivity index is 1.45. The normalized spacial score (nSPS) is 10.2. The molecule has 0 fully saturated rings. The van der Waals surface area contributed by atoms with Gasteiger partial charge in [-0.1, -0.05) is 24.3 Å². The Morgan fingerprint density at radius 3 is 2.35 bits per heavy atom. The minimum Gasteiger partial charge on any atom is -0.492 e. The second-order valence-electron chi connectivity index (χ2n) is 5.43. The van der Waals surface area contributed by atoms with Gasteiger partial charge in [0.05, 0.1) is 11.4 Å². The van der Waals surface area contributed by atoms with E-state index in [1.165, 1.54) is 11.3 Å². The highest BCUT2D eigenvalue weighted by atomic mass is 32.1. The summed E-state index contributed by atoms with van der Waals surface area (Å²) in [6.45, 7) is 0.801. The molecule has 5 nitrogen and oxygen atoms in total. The van der Waals surface area contributed by atoms with Crippen LogP contribution in [-0.4, -0.2) is 25.0 Å². The number of amides is 2. The number of para-hydroxylation sites is 1. The lowest BCUT2D eigenvalue weighted by atomic mass is 10.2.